The van der Waals surface area contributed by atoms with E-state index in [1.165, 1.54) is 6.26 Å². The van der Waals surface area contributed by atoms with Gasteiger partial charge in [0, 0.05) is 49.6 Å². The van der Waals surface area contributed by atoms with E-state index in [1.807, 2.05) is 48.6 Å². The van der Waals surface area contributed by atoms with Crippen LogP contribution < -0.4 is 4.90 Å². The smallest absolute Gasteiger partial charge is 0.156 e. The molecule has 0 bridgehead atoms. The largest absolute Gasteiger partial charge is 0.364 e. The van der Waals surface area contributed by atoms with Gasteiger partial charge in [0.2, 0.25) is 0 Å². The maximum atomic E-state index is 11.9. The summed E-state index contributed by atoms with van der Waals surface area (Å²) in [6.07, 6.45) is 5.62. The zero-order valence-electron chi connectivity index (χ0n) is 15.3. The summed E-state index contributed by atoms with van der Waals surface area (Å²) in [5.41, 5.74) is 4.24. The van der Waals surface area contributed by atoms with Gasteiger partial charge in [-0.25, -0.2) is 14.0 Å². The molecule has 0 aliphatic rings. The Labute approximate surface area is 153 Å². The third-order valence-corrected chi connectivity index (χ3v) is 5.65. The lowest BCUT2D eigenvalue weighted by atomic mass is 9.97. The first-order valence-electron chi connectivity index (χ1n) is 8.12. The van der Waals surface area contributed by atoms with E-state index in [2.05, 4.69) is 11.1 Å². The van der Waals surface area contributed by atoms with Crippen LogP contribution in [0.1, 0.15) is 22.3 Å². The number of hydrogen-bond acceptors (Lipinski definition) is 5. The van der Waals surface area contributed by atoms with E-state index < -0.39 is 9.73 Å². The highest BCUT2D eigenvalue weighted by Gasteiger charge is 2.19. The number of hydrogen-bond donors (Lipinski definition) is 1. The molecule has 1 N–H and O–H groups in total. The van der Waals surface area contributed by atoms with E-state index in [0.29, 0.717) is 22.5 Å². The van der Waals surface area contributed by atoms with Gasteiger partial charge in [-0.05, 0) is 30.2 Å². The highest BCUT2D eigenvalue weighted by molar-refractivity contribution is 7.91. The minimum absolute atomic E-state index is 0.522. The number of pyridine rings is 1. The number of nitrogens with one attached hydrogen (secondary N) is 1. The highest BCUT2D eigenvalue weighted by atomic mass is 32.2. The first-order chi connectivity index (χ1) is 12.2. The fraction of sp³-hybridized carbons (Fsp3) is 0.263. The van der Waals surface area contributed by atoms with Crippen LogP contribution >= 0.6 is 0 Å². The second-order valence-electron chi connectivity index (χ2n) is 6.59. The summed E-state index contributed by atoms with van der Waals surface area (Å²) in [5.74, 6) is 0.984. The van der Waals surface area contributed by atoms with Gasteiger partial charge in [0.25, 0.3) is 0 Å². The maximum absolute atomic E-state index is 11.9. The average Bonchev–Trinajstić information content (AvgIpc) is 3.03. The van der Waals surface area contributed by atoms with E-state index in [-0.39, 0.29) is 0 Å². The Hall–Kier alpha value is -2.85. The van der Waals surface area contributed by atoms with E-state index in [0.717, 1.165) is 22.5 Å². The molecule has 0 amide bonds. The molecular formula is C19H21N5OS. The molecule has 6 nitrogen and oxygen atoms in total. The molecule has 0 spiro atoms. The van der Waals surface area contributed by atoms with Gasteiger partial charge >= 0.3 is 0 Å². The lowest BCUT2D eigenvalue weighted by Crippen LogP contribution is -2.18. The van der Waals surface area contributed by atoms with Crippen LogP contribution in [-0.2, 0) is 16.1 Å². The number of imidazole rings is 1. The molecule has 0 saturated carbocycles. The second kappa shape index (κ2) is 6.46. The number of nitrogens with zero attached hydrogens (tertiary/aromatic N) is 4. The van der Waals surface area contributed by atoms with Gasteiger partial charge in [-0.2, -0.15) is 5.26 Å². The van der Waals surface area contributed by atoms with Crippen LogP contribution in [0.5, 0.6) is 0 Å². The standard InChI is InChI=1S/C19H21N5OS/c1-13-16(11-14-5-7-15(8-6-14)26(4,21)25)19(23(2)3)24-10-9-22-18(24)17(13)12-20/h5-10,21H,11H2,1-4H3/t26-/m0/s1. The molecule has 1 aromatic carbocycles. The highest BCUT2D eigenvalue weighted by Crippen LogP contribution is 2.30. The van der Waals surface area contributed by atoms with Crippen molar-refractivity contribution in [2.24, 2.45) is 0 Å². The first kappa shape index (κ1) is 18.0. The van der Waals surface area contributed by atoms with E-state index >= 15 is 0 Å². The summed E-state index contributed by atoms with van der Waals surface area (Å²) in [6.45, 7) is 1.95. The fourth-order valence-corrected chi connectivity index (χ4v) is 3.85. The monoisotopic (exact) mass is 367 g/mol. The van der Waals surface area contributed by atoms with Crippen LogP contribution in [0.2, 0.25) is 0 Å². The summed E-state index contributed by atoms with van der Waals surface area (Å²) in [5, 5.41) is 9.61. The lowest BCUT2D eigenvalue weighted by Gasteiger charge is -2.22. The molecule has 2 aromatic heterocycles. The number of fused-ring (bicyclic) bond motifs is 1. The summed E-state index contributed by atoms with van der Waals surface area (Å²) in [6, 6.07) is 9.57. The molecule has 134 valence electrons. The van der Waals surface area contributed by atoms with Crippen molar-refractivity contribution in [3.05, 3.63) is 58.9 Å². The fourth-order valence-electron chi connectivity index (χ4n) is 3.19. The SMILES string of the molecule is Cc1c(Cc2ccc([S@@](C)(=N)=O)cc2)c(N(C)C)n2ccnc2c1C#N. The number of rotatable bonds is 4. The van der Waals surface area contributed by atoms with Crippen LogP contribution in [-0.4, -0.2) is 33.9 Å². The van der Waals surface area contributed by atoms with Crippen molar-refractivity contribution in [2.45, 2.75) is 18.2 Å². The number of aromatic nitrogens is 2. The van der Waals surface area contributed by atoms with Gasteiger partial charge in [-0.3, -0.25) is 4.40 Å². The van der Waals surface area contributed by atoms with Gasteiger partial charge in [0.1, 0.15) is 11.9 Å². The van der Waals surface area contributed by atoms with Gasteiger partial charge in [-0.15, -0.1) is 0 Å². The van der Waals surface area contributed by atoms with Gasteiger partial charge in [0.05, 0.1) is 15.3 Å². The summed E-state index contributed by atoms with van der Waals surface area (Å²) in [7, 11) is 1.22. The predicted molar refractivity (Wildman–Crippen MR) is 103 cm³/mol. The van der Waals surface area contributed by atoms with Crippen LogP contribution in [0.3, 0.4) is 0 Å². The lowest BCUT2D eigenvalue weighted by molar-refractivity contribution is 0.679. The molecule has 7 heteroatoms. The van der Waals surface area contributed by atoms with Crippen LogP contribution in [0, 0.1) is 23.0 Å². The Balaban J connectivity index is 2.17. The zero-order chi connectivity index (χ0) is 19.1. The summed E-state index contributed by atoms with van der Waals surface area (Å²) >= 11 is 0. The molecular weight excluding hydrogens is 346 g/mol. The maximum Gasteiger partial charge on any atom is 0.156 e. The van der Waals surface area contributed by atoms with Crippen molar-refractivity contribution in [3.63, 3.8) is 0 Å². The van der Waals surface area contributed by atoms with Crippen molar-refractivity contribution in [1.82, 2.24) is 9.38 Å². The number of anilines is 1. The molecule has 26 heavy (non-hydrogen) atoms. The van der Waals surface area contributed by atoms with Crippen molar-refractivity contribution >= 4 is 21.2 Å². The minimum atomic E-state index is -2.72. The average molecular weight is 367 g/mol. The number of benzene rings is 1. The third kappa shape index (κ3) is 3.04. The van der Waals surface area contributed by atoms with Crippen molar-refractivity contribution in [3.8, 4) is 6.07 Å². The zero-order valence-corrected chi connectivity index (χ0v) is 16.1. The molecule has 3 aromatic rings. The second-order valence-corrected chi connectivity index (χ2v) is 8.75. The molecule has 0 saturated heterocycles. The van der Waals surface area contributed by atoms with Gasteiger partial charge < -0.3 is 4.90 Å². The molecule has 3 rings (SSSR count). The van der Waals surface area contributed by atoms with Crippen LogP contribution in [0.25, 0.3) is 5.65 Å². The van der Waals surface area contributed by atoms with Gasteiger partial charge in [-0.1, -0.05) is 12.1 Å². The van der Waals surface area contributed by atoms with Crippen molar-refractivity contribution in [2.75, 3.05) is 25.3 Å². The Kier molecular flexibility index (Phi) is 4.46. The predicted octanol–water partition coefficient (Wildman–Crippen LogP) is 3.21. The number of nitriles is 1. The first-order valence-corrected chi connectivity index (χ1v) is 10.1. The summed E-state index contributed by atoms with van der Waals surface area (Å²) < 4.78 is 21.5. The summed E-state index contributed by atoms with van der Waals surface area (Å²) in [4.78, 5) is 6.89. The molecule has 0 fully saturated rings. The molecule has 2 heterocycles. The Morgan fingerprint density at radius 2 is 1.96 bits per heavy atom. The minimum Gasteiger partial charge on any atom is -0.364 e. The van der Waals surface area contributed by atoms with E-state index in [9.17, 15) is 9.47 Å². The van der Waals surface area contributed by atoms with E-state index in [1.54, 1.807) is 18.3 Å². The van der Waals surface area contributed by atoms with Crippen molar-refractivity contribution in [1.29, 1.82) is 10.0 Å². The molecule has 0 aliphatic heterocycles. The van der Waals surface area contributed by atoms with E-state index in [4.69, 9.17) is 4.78 Å². The Morgan fingerprint density at radius 1 is 1.31 bits per heavy atom. The quantitative estimate of drug-likeness (QED) is 0.767. The topological polar surface area (TPSA) is 85.2 Å². The molecule has 1 atom stereocenters. The normalized spacial score (nSPS) is 13.3. The van der Waals surface area contributed by atoms with Gasteiger partial charge in [0.15, 0.2) is 5.65 Å². The van der Waals surface area contributed by atoms with Crippen LogP contribution in [0.15, 0.2) is 41.6 Å². The molecule has 0 unspecified atom stereocenters. The Bertz CT molecular complexity index is 1120. The third-order valence-electron chi connectivity index (χ3n) is 4.48. The van der Waals surface area contributed by atoms with Crippen molar-refractivity contribution < 1.29 is 4.21 Å². The van der Waals surface area contributed by atoms with Crippen LogP contribution in [0.4, 0.5) is 5.82 Å². The Morgan fingerprint density at radius 3 is 2.50 bits per heavy atom. The molecule has 0 radical (unpaired) electrons. The molecule has 0 aliphatic carbocycles.